The number of benzene rings is 1. The van der Waals surface area contributed by atoms with Crippen molar-refractivity contribution in [1.82, 2.24) is 0 Å². The Labute approximate surface area is 88.8 Å². The Morgan fingerprint density at radius 2 is 1.87 bits per heavy atom. The molecule has 0 fully saturated rings. The van der Waals surface area contributed by atoms with E-state index in [1.54, 1.807) is 30.3 Å². The van der Waals surface area contributed by atoms with Crippen LogP contribution in [0.5, 0.6) is 0 Å². The summed E-state index contributed by atoms with van der Waals surface area (Å²) < 4.78 is 27.2. The summed E-state index contributed by atoms with van der Waals surface area (Å²) >= 11 is 0. The lowest BCUT2D eigenvalue weighted by Gasteiger charge is -2.02. The lowest BCUT2D eigenvalue weighted by atomic mass is 10.2. The molecule has 0 saturated heterocycles. The lowest BCUT2D eigenvalue weighted by molar-refractivity contribution is -0.137. The van der Waals surface area contributed by atoms with Crippen LogP contribution in [-0.4, -0.2) is 27.2 Å². The summed E-state index contributed by atoms with van der Waals surface area (Å²) in [6, 6.07) is 8.71. The molecular formula is C10H12O4S. The van der Waals surface area contributed by atoms with E-state index < -0.39 is 21.6 Å². The molecule has 0 spiro atoms. The minimum atomic E-state index is -3.42. The topological polar surface area (TPSA) is 60.4 Å². The number of hydrogen-bond donors (Lipinski definition) is 0. The molecule has 82 valence electrons. The van der Waals surface area contributed by atoms with Gasteiger partial charge in [-0.2, -0.15) is 0 Å². The molecule has 1 rings (SSSR count). The molecule has 0 aliphatic heterocycles. The SMILES string of the molecule is COC(=O)CS(=O)(=O)Cc1ccccc1. The highest BCUT2D eigenvalue weighted by Gasteiger charge is 2.17. The summed E-state index contributed by atoms with van der Waals surface area (Å²) in [5.74, 6) is -1.44. The number of rotatable bonds is 4. The first-order valence-electron chi connectivity index (χ1n) is 4.34. The molecule has 0 unspecified atom stereocenters. The van der Waals surface area contributed by atoms with E-state index in [1.807, 2.05) is 0 Å². The van der Waals surface area contributed by atoms with Crippen LogP contribution in [-0.2, 0) is 25.1 Å². The second kappa shape index (κ2) is 4.93. The van der Waals surface area contributed by atoms with Crippen molar-refractivity contribution in [3.8, 4) is 0 Å². The van der Waals surface area contributed by atoms with Crippen molar-refractivity contribution < 1.29 is 17.9 Å². The van der Waals surface area contributed by atoms with Gasteiger partial charge in [0.05, 0.1) is 12.9 Å². The molecule has 1 aromatic carbocycles. The summed E-state index contributed by atoms with van der Waals surface area (Å²) in [5, 5.41) is 0. The van der Waals surface area contributed by atoms with Gasteiger partial charge in [0.2, 0.25) is 0 Å². The summed E-state index contributed by atoms with van der Waals surface area (Å²) in [5.41, 5.74) is 0.668. The first-order valence-corrected chi connectivity index (χ1v) is 6.17. The van der Waals surface area contributed by atoms with E-state index in [9.17, 15) is 13.2 Å². The van der Waals surface area contributed by atoms with Gasteiger partial charge >= 0.3 is 5.97 Å². The number of sulfone groups is 1. The van der Waals surface area contributed by atoms with Crippen molar-refractivity contribution >= 4 is 15.8 Å². The largest absolute Gasteiger partial charge is 0.468 e. The van der Waals surface area contributed by atoms with Gasteiger partial charge in [0, 0.05) is 0 Å². The standard InChI is InChI=1S/C10H12O4S/c1-14-10(11)8-15(12,13)7-9-5-3-2-4-6-9/h2-6H,7-8H2,1H3. The van der Waals surface area contributed by atoms with Gasteiger partial charge in [-0.3, -0.25) is 4.79 Å². The molecule has 15 heavy (non-hydrogen) atoms. The fourth-order valence-electron chi connectivity index (χ4n) is 1.12. The monoisotopic (exact) mass is 228 g/mol. The van der Waals surface area contributed by atoms with Gasteiger partial charge in [-0.05, 0) is 5.56 Å². The van der Waals surface area contributed by atoms with E-state index in [0.29, 0.717) is 5.56 Å². The highest BCUT2D eigenvalue weighted by atomic mass is 32.2. The zero-order valence-corrected chi connectivity index (χ0v) is 9.16. The number of carbonyl (C=O) groups is 1. The van der Waals surface area contributed by atoms with Gasteiger partial charge in [-0.15, -0.1) is 0 Å². The van der Waals surface area contributed by atoms with Gasteiger partial charge in [-0.1, -0.05) is 30.3 Å². The van der Waals surface area contributed by atoms with Crippen LogP contribution in [0.25, 0.3) is 0 Å². The fourth-order valence-corrected chi connectivity index (χ4v) is 2.40. The molecule has 4 nitrogen and oxygen atoms in total. The maximum atomic E-state index is 11.5. The Bertz CT molecular complexity index is 422. The quantitative estimate of drug-likeness (QED) is 0.714. The molecular weight excluding hydrogens is 216 g/mol. The normalized spacial score (nSPS) is 11.0. The van der Waals surface area contributed by atoms with E-state index in [4.69, 9.17) is 0 Å². The second-order valence-electron chi connectivity index (χ2n) is 3.09. The predicted octanol–water partition coefficient (Wildman–Crippen LogP) is 0.774. The van der Waals surface area contributed by atoms with Gasteiger partial charge in [0.25, 0.3) is 0 Å². The third-order valence-electron chi connectivity index (χ3n) is 1.79. The van der Waals surface area contributed by atoms with E-state index >= 15 is 0 Å². The average molecular weight is 228 g/mol. The molecule has 0 aliphatic carbocycles. The first-order chi connectivity index (χ1) is 7.03. The number of ether oxygens (including phenoxy) is 1. The van der Waals surface area contributed by atoms with Gasteiger partial charge < -0.3 is 4.74 Å². The van der Waals surface area contributed by atoms with E-state index in [0.717, 1.165) is 0 Å². The van der Waals surface area contributed by atoms with E-state index in [1.165, 1.54) is 7.11 Å². The molecule has 0 heterocycles. The molecule has 1 aromatic rings. The Morgan fingerprint density at radius 3 is 2.40 bits per heavy atom. The summed E-state index contributed by atoms with van der Waals surface area (Å²) in [4.78, 5) is 10.8. The molecule has 5 heteroatoms. The maximum absolute atomic E-state index is 11.5. The molecule has 0 aliphatic rings. The Morgan fingerprint density at radius 1 is 1.27 bits per heavy atom. The van der Waals surface area contributed by atoms with Gasteiger partial charge in [0.15, 0.2) is 9.84 Å². The van der Waals surface area contributed by atoms with Crippen molar-refractivity contribution in [3.63, 3.8) is 0 Å². The van der Waals surface area contributed by atoms with Crippen LogP contribution in [0.4, 0.5) is 0 Å². The molecule has 0 amide bonds. The highest BCUT2D eigenvalue weighted by Crippen LogP contribution is 2.06. The molecule has 0 saturated carbocycles. The molecule has 0 radical (unpaired) electrons. The number of carbonyl (C=O) groups excluding carboxylic acids is 1. The van der Waals surface area contributed by atoms with Crippen molar-refractivity contribution in [3.05, 3.63) is 35.9 Å². The van der Waals surface area contributed by atoms with Crippen LogP contribution in [0.1, 0.15) is 5.56 Å². The van der Waals surface area contributed by atoms with Gasteiger partial charge in [-0.25, -0.2) is 8.42 Å². The van der Waals surface area contributed by atoms with Crippen LogP contribution in [0.2, 0.25) is 0 Å². The lowest BCUT2D eigenvalue weighted by Crippen LogP contribution is -2.18. The van der Waals surface area contributed by atoms with Crippen molar-refractivity contribution in [2.75, 3.05) is 12.9 Å². The van der Waals surface area contributed by atoms with Crippen molar-refractivity contribution in [1.29, 1.82) is 0 Å². The van der Waals surface area contributed by atoms with Crippen LogP contribution >= 0.6 is 0 Å². The van der Waals surface area contributed by atoms with Crippen molar-refractivity contribution in [2.45, 2.75) is 5.75 Å². The minimum Gasteiger partial charge on any atom is -0.468 e. The summed E-state index contributed by atoms with van der Waals surface area (Å²) in [6.07, 6.45) is 0. The third kappa shape index (κ3) is 4.12. The Balaban J connectivity index is 2.69. The zero-order chi connectivity index (χ0) is 11.3. The smallest absolute Gasteiger partial charge is 0.320 e. The molecule has 0 atom stereocenters. The van der Waals surface area contributed by atoms with Crippen LogP contribution < -0.4 is 0 Å². The van der Waals surface area contributed by atoms with E-state index in [-0.39, 0.29) is 5.75 Å². The number of hydrogen-bond acceptors (Lipinski definition) is 4. The van der Waals surface area contributed by atoms with Crippen molar-refractivity contribution in [2.24, 2.45) is 0 Å². The van der Waals surface area contributed by atoms with Crippen LogP contribution in [0.15, 0.2) is 30.3 Å². The number of esters is 1. The van der Waals surface area contributed by atoms with Crippen LogP contribution in [0, 0.1) is 0 Å². The third-order valence-corrected chi connectivity index (χ3v) is 3.24. The highest BCUT2D eigenvalue weighted by molar-refractivity contribution is 7.91. The Hall–Kier alpha value is -1.36. The molecule has 0 bridgehead atoms. The van der Waals surface area contributed by atoms with Crippen LogP contribution in [0.3, 0.4) is 0 Å². The summed E-state index contributed by atoms with van der Waals surface area (Å²) in [6.45, 7) is 0. The number of methoxy groups -OCH3 is 1. The summed E-state index contributed by atoms with van der Waals surface area (Å²) in [7, 11) is -2.25. The Kier molecular flexibility index (Phi) is 3.85. The minimum absolute atomic E-state index is 0.136. The fraction of sp³-hybridized carbons (Fsp3) is 0.300. The van der Waals surface area contributed by atoms with Gasteiger partial charge in [0.1, 0.15) is 5.75 Å². The van der Waals surface area contributed by atoms with E-state index in [2.05, 4.69) is 4.74 Å². The average Bonchev–Trinajstić information content (AvgIpc) is 2.17. The maximum Gasteiger partial charge on any atom is 0.320 e. The second-order valence-corrected chi connectivity index (χ2v) is 5.16. The first kappa shape index (κ1) is 11.7. The molecule has 0 N–H and O–H groups in total. The predicted molar refractivity (Wildman–Crippen MR) is 55.9 cm³/mol. The molecule has 0 aromatic heterocycles. The zero-order valence-electron chi connectivity index (χ0n) is 8.34.